The predicted molar refractivity (Wildman–Crippen MR) is 147 cm³/mol. The third kappa shape index (κ3) is 5.83. The highest BCUT2D eigenvalue weighted by Crippen LogP contribution is 2.33. The highest BCUT2D eigenvalue weighted by Gasteiger charge is 2.39. The van der Waals surface area contributed by atoms with Crippen LogP contribution in [0.2, 0.25) is 10.0 Å². The van der Waals surface area contributed by atoms with E-state index in [2.05, 4.69) is 10.6 Å². The molecular weight excluding hydrogens is 553 g/mol. The van der Waals surface area contributed by atoms with Crippen molar-refractivity contribution in [1.29, 1.82) is 0 Å². The number of halogens is 3. The standard InChI is InChI=1S/C27H20Cl3N3O5/c1-2-12-38-27(37)16-4-3-5-18(13-16)32-24(34)15-6-8-17(9-7-15)31-23-22(30)25(35)33(26(23)36)19-10-11-20(28)21(29)14-19/h3-11,13-14,31H,2,12H2,1H3,(H,32,34). The number of esters is 1. The minimum atomic E-state index is -0.714. The van der Waals surface area contributed by atoms with Crippen molar-refractivity contribution in [2.75, 3.05) is 22.1 Å². The minimum absolute atomic E-state index is 0.119. The van der Waals surface area contributed by atoms with Crippen molar-refractivity contribution in [3.8, 4) is 0 Å². The molecule has 3 aromatic rings. The summed E-state index contributed by atoms with van der Waals surface area (Å²) in [6, 6.07) is 17.0. The molecule has 3 amide bonds. The minimum Gasteiger partial charge on any atom is -0.462 e. The first-order valence-electron chi connectivity index (χ1n) is 11.4. The van der Waals surface area contributed by atoms with Gasteiger partial charge >= 0.3 is 5.97 Å². The van der Waals surface area contributed by atoms with E-state index in [0.717, 1.165) is 4.90 Å². The lowest BCUT2D eigenvalue weighted by atomic mass is 10.1. The average molecular weight is 573 g/mol. The van der Waals surface area contributed by atoms with Crippen LogP contribution in [0.3, 0.4) is 0 Å². The summed E-state index contributed by atoms with van der Waals surface area (Å²) in [6.07, 6.45) is 0.705. The summed E-state index contributed by atoms with van der Waals surface area (Å²) in [7, 11) is 0. The number of nitrogens with one attached hydrogen (secondary N) is 2. The summed E-state index contributed by atoms with van der Waals surface area (Å²) in [6.45, 7) is 2.21. The van der Waals surface area contributed by atoms with E-state index in [1.807, 2.05) is 6.92 Å². The molecular formula is C27H20Cl3N3O5. The van der Waals surface area contributed by atoms with E-state index in [4.69, 9.17) is 39.5 Å². The van der Waals surface area contributed by atoms with Crippen LogP contribution >= 0.6 is 34.8 Å². The molecule has 1 heterocycles. The summed E-state index contributed by atoms with van der Waals surface area (Å²) in [4.78, 5) is 51.3. The summed E-state index contributed by atoms with van der Waals surface area (Å²) in [5, 5.41) is 5.74. The summed E-state index contributed by atoms with van der Waals surface area (Å²) >= 11 is 18.1. The fourth-order valence-electron chi connectivity index (χ4n) is 3.52. The molecule has 0 atom stereocenters. The van der Waals surface area contributed by atoms with Crippen LogP contribution < -0.4 is 15.5 Å². The molecule has 38 heavy (non-hydrogen) atoms. The van der Waals surface area contributed by atoms with Gasteiger partial charge in [0, 0.05) is 16.9 Å². The van der Waals surface area contributed by atoms with Gasteiger partial charge in [-0.25, -0.2) is 9.69 Å². The fraction of sp³-hybridized carbons (Fsp3) is 0.111. The second-order valence-electron chi connectivity index (χ2n) is 8.11. The molecule has 0 aliphatic carbocycles. The summed E-state index contributed by atoms with van der Waals surface area (Å²) < 4.78 is 5.12. The maximum absolute atomic E-state index is 13.0. The molecule has 3 aromatic carbocycles. The van der Waals surface area contributed by atoms with E-state index in [-0.39, 0.29) is 26.5 Å². The van der Waals surface area contributed by atoms with Crippen LogP contribution in [0.15, 0.2) is 77.5 Å². The van der Waals surface area contributed by atoms with E-state index in [1.54, 1.807) is 30.3 Å². The molecule has 8 nitrogen and oxygen atoms in total. The topological polar surface area (TPSA) is 105 Å². The lowest BCUT2D eigenvalue weighted by Crippen LogP contribution is -2.32. The number of anilines is 3. The van der Waals surface area contributed by atoms with Crippen LogP contribution in [0.5, 0.6) is 0 Å². The monoisotopic (exact) mass is 571 g/mol. The molecule has 11 heteroatoms. The van der Waals surface area contributed by atoms with Gasteiger partial charge in [-0.3, -0.25) is 14.4 Å². The molecule has 1 aliphatic rings. The predicted octanol–water partition coefficient (Wildman–Crippen LogP) is 6.25. The first-order chi connectivity index (χ1) is 18.2. The van der Waals surface area contributed by atoms with E-state index in [1.165, 1.54) is 36.4 Å². The lowest BCUT2D eigenvalue weighted by molar-refractivity contribution is -0.120. The normalized spacial score (nSPS) is 13.1. The molecule has 0 saturated carbocycles. The average Bonchev–Trinajstić information content (AvgIpc) is 3.12. The van der Waals surface area contributed by atoms with Crippen molar-refractivity contribution in [3.63, 3.8) is 0 Å². The number of benzene rings is 3. The van der Waals surface area contributed by atoms with Crippen molar-refractivity contribution < 1.29 is 23.9 Å². The number of ether oxygens (including phenoxy) is 1. The van der Waals surface area contributed by atoms with Crippen LogP contribution in [-0.4, -0.2) is 30.3 Å². The van der Waals surface area contributed by atoms with Crippen molar-refractivity contribution in [2.45, 2.75) is 13.3 Å². The second-order valence-corrected chi connectivity index (χ2v) is 9.30. The van der Waals surface area contributed by atoms with Gasteiger partial charge in [-0.05, 0) is 67.1 Å². The Kier molecular flexibility index (Phi) is 8.36. The van der Waals surface area contributed by atoms with Crippen LogP contribution in [0.1, 0.15) is 34.1 Å². The Labute approximate surface area is 233 Å². The summed E-state index contributed by atoms with van der Waals surface area (Å²) in [5.41, 5.74) is 1.60. The van der Waals surface area contributed by atoms with Gasteiger partial charge in [0.1, 0.15) is 10.7 Å². The molecule has 0 bridgehead atoms. The fourth-order valence-corrected chi connectivity index (χ4v) is 4.03. The number of nitrogens with zero attached hydrogens (tertiary/aromatic N) is 1. The maximum Gasteiger partial charge on any atom is 0.338 e. The molecule has 0 radical (unpaired) electrons. The molecule has 0 fully saturated rings. The lowest BCUT2D eigenvalue weighted by Gasteiger charge is -2.15. The number of imide groups is 1. The Hall–Kier alpha value is -3.85. The van der Waals surface area contributed by atoms with Gasteiger partial charge in [0.05, 0.1) is 27.9 Å². The molecule has 0 unspecified atom stereocenters. The number of rotatable bonds is 8. The highest BCUT2D eigenvalue weighted by molar-refractivity contribution is 6.53. The van der Waals surface area contributed by atoms with E-state index >= 15 is 0 Å². The Balaban J connectivity index is 1.44. The molecule has 194 valence electrons. The molecule has 2 N–H and O–H groups in total. The maximum atomic E-state index is 13.0. The first-order valence-corrected chi connectivity index (χ1v) is 12.5. The SMILES string of the molecule is CCCOC(=O)c1cccc(NC(=O)c2ccc(NC3=C(Cl)C(=O)N(c4ccc(Cl)c(Cl)c4)C3=O)cc2)c1. The van der Waals surface area contributed by atoms with Crippen LogP contribution in [0, 0.1) is 0 Å². The van der Waals surface area contributed by atoms with Gasteiger partial charge in [0.15, 0.2) is 0 Å². The van der Waals surface area contributed by atoms with Crippen LogP contribution in [-0.2, 0) is 14.3 Å². The van der Waals surface area contributed by atoms with Crippen LogP contribution in [0.25, 0.3) is 0 Å². The quantitative estimate of drug-likeness (QED) is 0.244. The van der Waals surface area contributed by atoms with Crippen LogP contribution in [0.4, 0.5) is 17.1 Å². The van der Waals surface area contributed by atoms with Gasteiger partial charge in [-0.15, -0.1) is 0 Å². The Morgan fingerprint density at radius 1 is 0.842 bits per heavy atom. The zero-order valence-electron chi connectivity index (χ0n) is 19.9. The zero-order valence-corrected chi connectivity index (χ0v) is 22.2. The van der Waals surface area contributed by atoms with Crippen molar-refractivity contribution in [2.24, 2.45) is 0 Å². The van der Waals surface area contributed by atoms with Gasteiger partial charge in [0.25, 0.3) is 17.7 Å². The molecule has 1 aliphatic heterocycles. The number of carbonyl (C=O) groups is 4. The first kappa shape index (κ1) is 27.2. The van der Waals surface area contributed by atoms with Gasteiger partial charge in [-0.2, -0.15) is 0 Å². The molecule has 0 spiro atoms. The molecule has 0 saturated heterocycles. The molecule has 0 aromatic heterocycles. The third-order valence-corrected chi connectivity index (χ3v) is 6.49. The van der Waals surface area contributed by atoms with Gasteiger partial charge in [0.2, 0.25) is 0 Å². The smallest absolute Gasteiger partial charge is 0.338 e. The van der Waals surface area contributed by atoms with Crippen molar-refractivity contribution >= 4 is 75.6 Å². The number of hydrogen-bond donors (Lipinski definition) is 2. The van der Waals surface area contributed by atoms with Gasteiger partial charge < -0.3 is 15.4 Å². The second kappa shape index (κ2) is 11.7. The largest absolute Gasteiger partial charge is 0.462 e. The number of amides is 3. The molecule has 4 rings (SSSR count). The van der Waals surface area contributed by atoms with Gasteiger partial charge in [-0.1, -0.05) is 47.8 Å². The van der Waals surface area contributed by atoms with E-state index in [9.17, 15) is 19.2 Å². The Bertz CT molecular complexity index is 1470. The zero-order chi connectivity index (χ0) is 27.4. The van der Waals surface area contributed by atoms with E-state index < -0.39 is 23.7 Å². The summed E-state index contributed by atoms with van der Waals surface area (Å²) in [5.74, 6) is -2.26. The highest BCUT2D eigenvalue weighted by atomic mass is 35.5. The van der Waals surface area contributed by atoms with Crippen molar-refractivity contribution in [3.05, 3.63) is 98.6 Å². The number of hydrogen-bond acceptors (Lipinski definition) is 6. The Morgan fingerprint density at radius 3 is 2.26 bits per heavy atom. The number of carbonyl (C=O) groups excluding carboxylic acids is 4. The Morgan fingerprint density at radius 2 is 1.58 bits per heavy atom. The third-order valence-electron chi connectivity index (χ3n) is 5.40. The van der Waals surface area contributed by atoms with E-state index in [0.29, 0.717) is 35.5 Å². The van der Waals surface area contributed by atoms with Crippen molar-refractivity contribution in [1.82, 2.24) is 0 Å².